The van der Waals surface area contributed by atoms with E-state index in [9.17, 15) is 0 Å². The number of rotatable bonds is 5. The Morgan fingerprint density at radius 1 is 1.70 bits per heavy atom. The van der Waals surface area contributed by atoms with Gasteiger partial charge in [-0.1, -0.05) is 13.0 Å². The molecule has 2 heteroatoms. The third-order valence-electron chi connectivity index (χ3n) is 1.63. The van der Waals surface area contributed by atoms with Crippen LogP contribution < -0.4 is 0 Å². The Morgan fingerprint density at radius 2 is 2.30 bits per heavy atom. The van der Waals surface area contributed by atoms with Crippen LogP contribution in [0.3, 0.4) is 0 Å². The lowest BCUT2D eigenvalue weighted by molar-refractivity contribution is -0.149. The Bertz CT molecular complexity index is 93.3. The first-order valence-electron chi connectivity index (χ1n) is 3.67. The first-order valence-corrected chi connectivity index (χ1v) is 3.67. The van der Waals surface area contributed by atoms with E-state index in [0.29, 0.717) is 6.04 Å². The molecule has 0 aromatic rings. The van der Waals surface area contributed by atoms with Crippen LogP contribution in [0.4, 0.5) is 0 Å². The van der Waals surface area contributed by atoms with Crippen LogP contribution in [0, 0.1) is 0 Å². The fourth-order valence-electron chi connectivity index (χ4n) is 0.765. The van der Waals surface area contributed by atoms with Crippen molar-refractivity contribution in [1.29, 1.82) is 0 Å². The van der Waals surface area contributed by atoms with Gasteiger partial charge in [0.1, 0.15) is 0 Å². The standard InChI is InChI=1S/C8H17NO/c1-5-7-9(10-4)8(3)6-2/h5,8H,1,6-7H2,2-4H3. The molecule has 1 atom stereocenters. The molecule has 0 saturated heterocycles. The first kappa shape index (κ1) is 9.66. The van der Waals surface area contributed by atoms with Crippen LogP contribution in [-0.2, 0) is 4.84 Å². The molecule has 0 bridgehead atoms. The zero-order valence-electron chi connectivity index (χ0n) is 7.13. The normalized spacial score (nSPS) is 13.6. The molecule has 10 heavy (non-hydrogen) atoms. The molecule has 0 aliphatic rings. The third-order valence-corrected chi connectivity index (χ3v) is 1.63. The van der Waals surface area contributed by atoms with Crippen molar-refractivity contribution in [1.82, 2.24) is 5.06 Å². The minimum atomic E-state index is 0.475. The number of hydrogen-bond acceptors (Lipinski definition) is 2. The summed E-state index contributed by atoms with van der Waals surface area (Å²) in [5, 5.41) is 1.91. The van der Waals surface area contributed by atoms with Crippen molar-refractivity contribution < 1.29 is 4.84 Å². The van der Waals surface area contributed by atoms with Crippen LogP contribution >= 0.6 is 0 Å². The maximum absolute atomic E-state index is 5.11. The molecule has 0 spiro atoms. The van der Waals surface area contributed by atoms with Crippen LogP contribution in [0.2, 0.25) is 0 Å². The Balaban J connectivity index is 3.67. The maximum Gasteiger partial charge on any atom is 0.0575 e. The van der Waals surface area contributed by atoms with Gasteiger partial charge in [0.25, 0.3) is 0 Å². The lowest BCUT2D eigenvalue weighted by Gasteiger charge is -2.23. The van der Waals surface area contributed by atoms with Gasteiger partial charge in [-0.3, -0.25) is 0 Å². The van der Waals surface area contributed by atoms with Gasteiger partial charge in [-0.05, 0) is 13.3 Å². The van der Waals surface area contributed by atoms with E-state index >= 15 is 0 Å². The lowest BCUT2D eigenvalue weighted by atomic mass is 10.2. The molecule has 0 amide bonds. The quantitative estimate of drug-likeness (QED) is 0.430. The van der Waals surface area contributed by atoms with Crippen LogP contribution in [0.1, 0.15) is 20.3 Å². The largest absolute Gasteiger partial charge is 0.302 e. The summed E-state index contributed by atoms with van der Waals surface area (Å²) in [5.41, 5.74) is 0. The second-order valence-corrected chi connectivity index (χ2v) is 2.33. The van der Waals surface area contributed by atoms with Crippen molar-refractivity contribution in [3.05, 3.63) is 12.7 Å². The van der Waals surface area contributed by atoms with Crippen molar-refractivity contribution in [3.63, 3.8) is 0 Å². The summed E-state index contributed by atoms with van der Waals surface area (Å²) in [6.45, 7) is 8.71. The van der Waals surface area contributed by atoms with Crippen molar-refractivity contribution >= 4 is 0 Å². The van der Waals surface area contributed by atoms with E-state index in [1.807, 2.05) is 11.1 Å². The number of hydrogen-bond donors (Lipinski definition) is 0. The molecule has 0 aromatic heterocycles. The van der Waals surface area contributed by atoms with Crippen LogP contribution in [0.5, 0.6) is 0 Å². The van der Waals surface area contributed by atoms with E-state index in [0.717, 1.165) is 13.0 Å². The van der Waals surface area contributed by atoms with E-state index in [1.54, 1.807) is 7.11 Å². The molecule has 0 radical (unpaired) electrons. The van der Waals surface area contributed by atoms with Gasteiger partial charge in [-0.2, -0.15) is 5.06 Å². The summed E-state index contributed by atoms with van der Waals surface area (Å²) < 4.78 is 0. The lowest BCUT2D eigenvalue weighted by Crippen LogP contribution is -2.31. The van der Waals surface area contributed by atoms with E-state index in [2.05, 4.69) is 20.4 Å². The van der Waals surface area contributed by atoms with Gasteiger partial charge in [0.2, 0.25) is 0 Å². The molecular formula is C8H17NO. The molecule has 0 heterocycles. The van der Waals surface area contributed by atoms with E-state index in [-0.39, 0.29) is 0 Å². The van der Waals surface area contributed by atoms with Gasteiger partial charge < -0.3 is 4.84 Å². The summed E-state index contributed by atoms with van der Waals surface area (Å²) in [5.74, 6) is 0. The van der Waals surface area contributed by atoms with Crippen molar-refractivity contribution in [3.8, 4) is 0 Å². The highest BCUT2D eigenvalue weighted by molar-refractivity contribution is 4.71. The molecule has 0 aromatic carbocycles. The smallest absolute Gasteiger partial charge is 0.0575 e. The monoisotopic (exact) mass is 143 g/mol. The predicted octanol–water partition coefficient (Wildman–Crippen LogP) is 1.83. The molecule has 0 saturated carbocycles. The van der Waals surface area contributed by atoms with Crippen LogP contribution in [-0.4, -0.2) is 24.8 Å². The van der Waals surface area contributed by atoms with Gasteiger partial charge in [-0.25, -0.2) is 0 Å². The topological polar surface area (TPSA) is 12.5 Å². The molecule has 0 N–H and O–H groups in total. The van der Waals surface area contributed by atoms with Gasteiger partial charge in [-0.15, -0.1) is 6.58 Å². The zero-order chi connectivity index (χ0) is 7.98. The molecule has 0 aliphatic carbocycles. The van der Waals surface area contributed by atoms with Crippen molar-refractivity contribution in [2.24, 2.45) is 0 Å². The second-order valence-electron chi connectivity index (χ2n) is 2.33. The minimum absolute atomic E-state index is 0.475. The first-order chi connectivity index (χ1) is 4.76. The van der Waals surface area contributed by atoms with Gasteiger partial charge in [0, 0.05) is 12.6 Å². The summed E-state index contributed by atoms with van der Waals surface area (Å²) in [7, 11) is 1.69. The highest BCUT2D eigenvalue weighted by Gasteiger charge is 2.07. The number of hydroxylamine groups is 2. The van der Waals surface area contributed by atoms with E-state index < -0.39 is 0 Å². The highest BCUT2D eigenvalue weighted by Crippen LogP contribution is 2.01. The fraction of sp³-hybridized carbons (Fsp3) is 0.750. The average Bonchev–Trinajstić information content (AvgIpc) is 1.99. The zero-order valence-corrected chi connectivity index (χ0v) is 7.13. The predicted molar refractivity (Wildman–Crippen MR) is 43.7 cm³/mol. The summed E-state index contributed by atoms with van der Waals surface area (Å²) in [4.78, 5) is 5.11. The van der Waals surface area contributed by atoms with Gasteiger partial charge in [0.15, 0.2) is 0 Å². The Labute approximate surface area is 63.4 Å². The van der Waals surface area contributed by atoms with E-state index in [4.69, 9.17) is 4.84 Å². The fourth-order valence-corrected chi connectivity index (χ4v) is 0.765. The molecule has 0 rings (SSSR count). The second kappa shape index (κ2) is 5.45. The Kier molecular flexibility index (Phi) is 5.26. The summed E-state index contributed by atoms with van der Waals surface area (Å²) in [6.07, 6.45) is 2.94. The Morgan fingerprint density at radius 3 is 2.60 bits per heavy atom. The summed E-state index contributed by atoms with van der Waals surface area (Å²) >= 11 is 0. The van der Waals surface area contributed by atoms with Gasteiger partial charge in [0.05, 0.1) is 7.11 Å². The third kappa shape index (κ3) is 2.99. The molecule has 0 fully saturated rings. The average molecular weight is 143 g/mol. The minimum Gasteiger partial charge on any atom is -0.302 e. The van der Waals surface area contributed by atoms with Crippen LogP contribution in [0.25, 0.3) is 0 Å². The highest BCUT2D eigenvalue weighted by atomic mass is 16.7. The molecular weight excluding hydrogens is 126 g/mol. The molecule has 0 aliphatic heterocycles. The van der Waals surface area contributed by atoms with Crippen molar-refractivity contribution in [2.75, 3.05) is 13.7 Å². The maximum atomic E-state index is 5.11. The molecule has 1 unspecified atom stereocenters. The molecule has 2 nitrogen and oxygen atoms in total. The summed E-state index contributed by atoms with van der Waals surface area (Å²) in [6, 6.07) is 0.475. The van der Waals surface area contributed by atoms with E-state index in [1.165, 1.54) is 0 Å². The SMILES string of the molecule is C=CCN(OC)C(C)CC. The molecule has 60 valence electrons. The van der Waals surface area contributed by atoms with Gasteiger partial charge >= 0.3 is 0 Å². The van der Waals surface area contributed by atoms with Crippen LogP contribution in [0.15, 0.2) is 12.7 Å². The Hall–Kier alpha value is -0.340. The van der Waals surface area contributed by atoms with Crippen molar-refractivity contribution in [2.45, 2.75) is 26.3 Å². The number of nitrogens with zero attached hydrogens (tertiary/aromatic N) is 1.